The van der Waals surface area contributed by atoms with Crippen LogP contribution in [0.15, 0.2) is 24.3 Å². The molecule has 3 heteroatoms. The lowest BCUT2D eigenvalue weighted by molar-refractivity contribution is -0.140. The van der Waals surface area contributed by atoms with Crippen molar-refractivity contribution in [2.24, 2.45) is 0 Å². The van der Waals surface area contributed by atoms with E-state index in [0.29, 0.717) is 12.8 Å². The van der Waals surface area contributed by atoms with E-state index in [1.165, 1.54) is 11.1 Å². The molecule has 0 saturated carbocycles. The Balaban J connectivity index is 2.77. The smallest absolute Gasteiger partial charge is 0.319 e. The van der Waals surface area contributed by atoms with Crippen LogP contribution in [0, 0.1) is 0 Å². The molecule has 20 heavy (non-hydrogen) atoms. The van der Waals surface area contributed by atoms with Gasteiger partial charge in [-0.25, -0.2) is 0 Å². The number of aliphatic carboxylic acids is 1. The van der Waals surface area contributed by atoms with Crippen LogP contribution in [0.3, 0.4) is 0 Å². The van der Waals surface area contributed by atoms with Crippen molar-refractivity contribution in [3.63, 3.8) is 0 Å². The van der Waals surface area contributed by atoms with Crippen molar-refractivity contribution in [2.75, 3.05) is 0 Å². The molecule has 0 amide bonds. The van der Waals surface area contributed by atoms with E-state index in [0.717, 1.165) is 5.75 Å². The summed E-state index contributed by atoms with van der Waals surface area (Å²) in [7, 11) is 0. The summed E-state index contributed by atoms with van der Waals surface area (Å²) >= 11 is 1.54. The molecule has 0 saturated heterocycles. The standard InChI is InChI=1S/C17H26O2S/c1-6-17(7-2,15(18)19)20-12-13-8-10-14(11-9-13)16(3,4)5/h8-11H,6-7,12H2,1-5H3,(H,18,19). The summed E-state index contributed by atoms with van der Waals surface area (Å²) in [6.07, 6.45) is 1.31. The first-order valence-corrected chi connectivity index (χ1v) is 8.20. The summed E-state index contributed by atoms with van der Waals surface area (Å²) in [5.41, 5.74) is 2.65. The summed E-state index contributed by atoms with van der Waals surface area (Å²) in [4.78, 5) is 11.5. The molecular formula is C17H26O2S. The van der Waals surface area contributed by atoms with Crippen molar-refractivity contribution in [1.82, 2.24) is 0 Å². The molecule has 0 atom stereocenters. The minimum absolute atomic E-state index is 0.156. The van der Waals surface area contributed by atoms with Crippen LogP contribution in [-0.4, -0.2) is 15.8 Å². The third kappa shape index (κ3) is 4.02. The summed E-state index contributed by atoms with van der Waals surface area (Å²) < 4.78 is -0.650. The van der Waals surface area contributed by atoms with E-state index in [2.05, 4.69) is 45.0 Å². The quantitative estimate of drug-likeness (QED) is 0.814. The molecular weight excluding hydrogens is 268 g/mol. The summed E-state index contributed by atoms with van der Waals surface area (Å²) in [5, 5.41) is 9.43. The minimum atomic E-state index is -0.696. The number of hydrogen-bond donors (Lipinski definition) is 1. The lowest BCUT2D eigenvalue weighted by atomic mass is 9.87. The fraction of sp³-hybridized carbons (Fsp3) is 0.588. The Morgan fingerprint density at radius 3 is 1.95 bits per heavy atom. The van der Waals surface area contributed by atoms with E-state index in [1.54, 1.807) is 11.8 Å². The van der Waals surface area contributed by atoms with Crippen molar-refractivity contribution < 1.29 is 9.90 Å². The fourth-order valence-corrected chi connectivity index (χ4v) is 3.31. The van der Waals surface area contributed by atoms with Gasteiger partial charge in [0.2, 0.25) is 0 Å². The van der Waals surface area contributed by atoms with E-state index in [-0.39, 0.29) is 5.41 Å². The predicted octanol–water partition coefficient (Wildman–Crippen LogP) is 4.86. The lowest BCUT2D eigenvalue weighted by Gasteiger charge is -2.26. The van der Waals surface area contributed by atoms with Gasteiger partial charge >= 0.3 is 5.97 Å². The Labute approximate surface area is 127 Å². The molecule has 0 aliphatic rings. The summed E-state index contributed by atoms with van der Waals surface area (Å²) in [5.74, 6) is 0.0529. The summed E-state index contributed by atoms with van der Waals surface area (Å²) in [6.45, 7) is 10.5. The lowest BCUT2D eigenvalue weighted by Crippen LogP contribution is -2.33. The van der Waals surface area contributed by atoms with Gasteiger partial charge < -0.3 is 5.11 Å². The van der Waals surface area contributed by atoms with Gasteiger partial charge in [-0.1, -0.05) is 58.9 Å². The highest BCUT2D eigenvalue weighted by atomic mass is 32.2. The topological polar surface area (TPSA) is 37.3 Å². The first-order valence-electron chi connectivity index (χ1n) is 7.22. The average molecular weight is 294 g/mol. The number of rotatable bonds is 6. The van der Waals surface area contributed by atoms with E-state index >= 15 is 0 Å². The molecule has 0 radical (unpaired) electrons. The van der Waals surface area contributed by atoms with Crippen LogP contribution >= 0.6 is 11.8 Å². The van der Waals surface area contributed by atoms with E-state index < -0.39 is 10.7 Å². The van der Waals surface area contributed by atoms with Crippen LogP contribution in [0.4, 0.5) is 0 Å². The number of carbonyl (C=O) groups is 1. The highest BCUT2D eigenvalue weighted by molar-refractivity contribution is 8.00. The van der Waals surface area contributed by atoms with Gasteiger partial charge in [0, 0.05) is 5.75 Å². The molecule has 1 aromatic carbocycles. The Morgan fingerprint density at radius 2 is 1.60 bits per heavy atom. The van der Waals surface area contributed by atoms with Gasteiger partial charge in [0.15, 0.2) is 0 Å². The molecule has 112 valence electrons. The van der Waals surface area contributed by atoms with Gasteiger partial charge in [0.05, 0.1) is 0 Å². The molecule has 0 aliphatic heterocycles. The fourth-order valence-electron chi connectivity index (χ4n) is 2.14. The highest BCUT2D eigenvalue weighted by Crippen LogP contribution is 2.35. The van der Waals surface area contributed by atoms with Gasteiger partial charge in [0.25, 0.3) is 0 Å². The van der Waals surface area contributed by atoms with Gasteiger partial charge in [-0.2, -0.15) is 0 Å². The molecule has 0 bridgehead atoms. The number of thioether (sulfide) groups is 1. The van der Waals surface area contributed by atoms with Crippen LogP contribution < -0.4 is 0 Å². The maximum Gasteiger partial charge on any atom is 0.319 e. The van der Waals surface area contributed by atoms with Crippen LogP contribution in [0.5, 0.6) is 0 Å². The molecule has 1 N–H and O–H groups in total. The molecule has 0 fully saturated rings. The average Bonchev–Trinajstić information content (AvgIpc) is 2.39. The number of carboxylic acids is 1. The zero-order chi connectivity index (χ0) is 15.4. The third-order valence-electron chi connectivity index (χ3n) is 3.87. The Kier molecular flexibility index (Phi) is 5.69. The highest BCUT2D eigenvalue weighted by Gasteiger charge is 2.35. The Hall–Kier alpha value is -0.960. The zero-order valence-electron chi connectivity index (χ0n) is 13.2. The van der Waals surface area contributed by atoms with Crippen molar-refractivity contribution in [3.8, 4) is 0 Å². The largest absolute Gasteiger partial charge is 0.480 e. The Morgan fingerprint density at radius 1 is 1.10 bits per heavy atom. The maximum atomic E-state index is 11.5. The second-order valence-corrected chi connectivity index (χ2v) is 7.60. The van der Waals surface area contributed by atoms with Crippen molar-refractivity contribution in [3.05, 3.63) is 35.4 Å². The van der Waals surface area contributed by atoms with Gasteiger partial charge in [-0.05, 0) is 29.4 Å². The van der Waals surface area contributed by atoms with E-state index in [9.17, 15) is 9.90 Å². The number of benzene rings is 1. The summed E-state index contributed by atoms with van der Waals surface area (Å²) in [6, 6.07) is 8.53. The second kappa shape index (κ2) is 6.66. The van der Waals surface area contributed by atoms with Crippen LogP contribution in [0.1, 0.15) is 58.6 Å². The van der Waals surface area contributed by atoms with Crippen molar-refractivity contribution in [2.45, 2.75) is 63.4 Å². The third-order valence-corrected chi connectivity index (χ3v) is 5.65. The van der Waals surface area contributed by atoms with Gasteiger partial charge in [-0.3, -0.25) is 4.79 Å². The SMILES string of the molecule is CCC(CC)(SCc1ccc(C(C)(C)C)cc1)C(=O)O. The molecule has 0 spiro atoms. The van der Waals surface area contributed by atoms with Crippen LogP contribution in [-0.2, 0) is 16.0 Å². The van der Waals surface area contributed by atoms with Gasteiger partial charge in [-0.15, -0.1) is 11.8 Å². The van der Waals surface area contributed by atoms with Crippen LogP contribution in [0.2, 0.25) is 0 Å². The number of carboxylic acid groups (broad SMARTS) is 1. The number of hydrogen-bond acceptors (Lipinski definition) is 2. The first kappa shape index (κ1) is 17.1. The van der Waals surface area contributed by atoms with Gasteiger partial charge in [0.1, 0.15) is 4.75 Å². The molecule has 0 heterocycles. The van der Waals surface area contributed by atoms with Crippen molar-refractivity contribution >= 4 is 17.7 Å². The first-order chi connectivity index (χ1) is 9.25. The molecule has 0 aliphatic carbocycles. The van der Waals surface area contributed by atoms with E-state index in [1.807, 2.05) is 13.8 Å². The molecule has 2 nitrogen and oxygen atoms in total. The Bertz CT molecular complexity index is 439. The predicted molar refractivity (Wildman–Crippen MR) is 87.4 cm³/mol. The molecule has 1 rings (SSSR count). The monoisotopic (exact) mass is 294 g/mol. The molecule has 0 aromatic heterocycles. The van der Waals surface area contributed by atoms with E-state index in [4.69, 9.17) is 0 Å². The minimum Gasteiger partial charge on any atom is -0.480 e. The van der Waals surface area contributed by atoms with Crippen LogP contribution in [0.25, 0.3) is 0 Å². The zero-order valence-corrected chi connectivity index (χ0v) is 14.0. The molecule has 0 unspecified atom stereocenters. The maximum absolute atomic E-state index is 11.5. The molecule has 1 aromatic rings. The van der Waals surface area contributed by atoms with Crippen molar-refractivity contribution in [1.29, 1.82) is 0 Å². The normalized spacial score (nSPS) is 12.4. The second-order valence-electron chi connectivity index (χ2n) is 6.24.